The van der Waals surface area contributed by atoms with Gasteiger partial charge in [0.15, 0.2) is 5.65 Å². The first kappa shape index (κ1) is 14.9. The van der Waals surface area contributed by atoms with E-state index in [9.17, 15) is 13.6 Å². The van der Waals surface area contributed by atoms with Gasteiger partial charge in [0, 0.05) is 12.4 Å². The van der Waals surface area contributed by atoms with Crippen LogP contribution >= 0.6 is 0 Å². The Bertz CT molecular complexity index is 864. The lowest BCUT2D eigenvalue weighted by molar-refractivity contribution is -0.0494. The van der Waals surface area contributed by atoms with E-state index in [1.165, 1.54) is 29.0 Å². The largest absolute Gasteiger partial charge is 0.433 e. The maximum atomic E-state index is 12.5. The van der Waals surface area contributed by atoms with Gasteiger partial charge < -0.3 is 10.1 Å². The Morgan fingerprint density at radius 3 is 3.00 bits per heavy atom. The molecule has 0 spiro atoms. The van der Waals surface area contributed by atoms with Crippen LogP contribution in [0, 0.1) is 6.92 Å². The molecule has 6 nitrogen and oxygen atoms in total. The summed E-state index contributed by atoms with van der Waals surface area (Å²) in [5.41, 5.74) is 1.48. The van der Waals surface area contributed by atoms with E-state index in [-0.39, 0.29) is 17.0 Å². The predicted molar refractivity (Wildman–Crippen MR) is 78.8 cm³/mol. The van der Waals surface area contributed by atoms with Crippen molar-refractivity contribution in [2.24, 2.45) is 0 Å². The molecular formula is C15H12F2N4O2. The number of nitrogens with zero attached hydrogens (tertiary/aromatic N) is 3. The third-order valence-electron chi connectivity index (χ3n) is 3.13. The van der Waals surface area contributed by atoms with Crippen molar-refractivity contribution in [3.05, 3.63) is 54.0 Å². The number of benzene rings is 1. The first-order valence-corrected chi connectivity index (χ1v) is 6.70. The van der Waals surface area contributed by atoms with E-state index in [1.807, 2.05) is 0 Å². The van der Waals surface area contributed by atoms with Gasteiger partial charge >= 0.3 is 6.61 Å². The Hall–Kier alpha value is -3.03. The monoisotopic (exact) mass is 318 g/mol. The van der Waals surface area contributed by atoms with Crippen molar-refractivity contribution in [3.8, 4) is 5.75 Å². The van der Waals surface area contributed by atoms with Crippen LogP contribution in [-0.4, -0.2) is 27.1 Å². The predicted octanol–water partition coefficient (Wildman–Crippen LogP) is 2.89. The van der Waals surface area contributed by atoms with Gasteiger partial charge in [0.1, 0.15) is 11.3 Å². The number of carbonyl (C=O) groups is 1. The summed E-state index contributed by atoms with van der Waals surface area (Å²) in [6.45, 7) is -1.25. The number of fused-ring (bicyclic) bond motifs is 1. The highest BCUT2D eigenvalue weighted by Gasteiger charge is 2.17. The zero-order chi connectivity index (χ0) is 16.4. The molecule has 2 aromatic heterocycles. The van der Waals surface area contributed by atoms with Crippen molar-refractivity contribution in [3.63, 3.8) is 0 Å². The number of anilines is 1. The lowest BCUT2D eigenvalue weighted by atomic mass is 10.2. The molecule has 0 bridgehead atoms. The number of ether oxygens (including phenoxy) is 1. The Balaban J connectivity index is 1.91. The van der Waals surface area contributed by atoms with Crippen LogP contribution < -0.4 is 10.1 Å². The molecule has 118 valence electrons. The number of carbonyl (C=O) groups excluding carboxylic acids is 1. The molecule has 1 N–H and O–H groups in total. The Morgan fingerprint density at radius 2 is 2.22 bits per heavy atom. The first-order valence-electron chi connectivity index (χ1n) is 6.70. The summed E-state index contributed by atoms with van der Waals surface area (Å²) in [4.78, 5) is 16.4. The number of nitrogens with one attached hydrogen (secondary N) is 1. The molecule has 0 radical (unpaired) electrons. The quantitative estimate of drug-likeness (QED) is 0.803. The minimum absolute atomic E-state index is 0.0993. The van der Waals surface area contributed by atoms with Crippen molar-refractivity contribution in [2.45, 2.75) is 13.5 Å². The van der Waals surface area contributed by atoms with Gasteiger partial charge in [-0.3, -0.25) is 4.79 Å². The lowest BCUT2D eigenvalue weighted by Crippen LogP contribution is -2.14. The fourth-order valence-electron chi connectivity index (χ4n) is 2.10. The number of aromatic nitrogens is 3. The molecule has 0 atom stereocenters. The minimum Gasteiger partial charge on any atom is -0.433 e. The zero-order valence-corrected chi connectivity index (χ0v) is 12.0. The van der Waals surface area contributed by atoms with Gasteiger partial charge in [-0.15, -0.1) is 0 Å². The molecule has 0 fully saturated rings. The normalized spacial score (nSPS) is 11.0. The van der Waals surface area contributed by atoms with Crippen LogP contribution in [0.2, 0.25) is 0 Å². The molecule has 0 aliphatic rings. The minimum atomic E-state index is -2.98. The Kier molecular flexibility index (Phi) is 3.88. The van der Waals surface area contributed by atoms with E-state index in [1.54, 1.807) is 25.3 Å². The summed E-state index contributed by atoms with van der Waals surface area (Å²) in [5, 5.41) is 6.56. The number of amides is 1. The molecule has 0 unspecified atom stereocenters. The third-order valence-corrected chi connectivity index (χ3v) is 3.13. The van der Waals surface area contributed by atoms with Crippen LogP contribution in [0.3, 0.4) is 0 Å². The van der Waals surface area contributed by atoms with Crippen LogP contribution in [0.5, 0.6) is 5.75 Å². The summed E-state index contributed by atoms with van der Waals surface area (Å²) < 4.78 is 30.9. The van der Waals surface area contributed by atoms with Crippen molar-refractivity contribution < 1.29 is 18.3 Å². The van der Waals surface area contributed by atoms with E-state index in [4.69, 9.17) is 0 Å². The molecule has 23 heavy (non-hydrogen) atoms. The van der Waals surface area contributed by atoms with Gasteiger partial charge in [0.25, 0.3) is 5.91 Å². The van der Waals surface area contributed by atoms with Gasteiger partial charge in [-0.1, -0.05) is 6.07 Å². The number of halogens is 2. The van der Waals surface area contributed by atoms with E-state index >= 15 is 0 Å². The molecule has 1 amide bonds. The summed E-state index contributed by atoms with van der Waals surface area (Å²) in [5.74, 6) is -0.612. The highest BCUT2D eigenvalue weighted by molar-refractivity contribution is 6.08. The second-order valence-corrected chi connectivity index (χ2v) is 4.78. The molecule has 3 aromatic rings. The average Bonchev–Trinajstić information content (AvgIpc) is 2.93. The van der Waals surface area contributed by atoms with Gasteiger partial charge in [-0.05, 0) is 30.7 Å². The number of hydrogen-bond acceptors (Lipinski definition) is 4. The summed E-state index contributed by atoms with van der Waals surface area (Å²) in [7, 11) is 0. The van der Waals surface area contributed by atoms with E-state index < -0.39 is 12.5 Å². The highest BCUT2D eigenvalue weighted by Crippen LogP contribution is 2.28. The van der Waals surface area contributed by atoms with Crippen molar-refractivity contribution in [2.75, 3.05) is 5.32 Å². The summed E-state index contributed by atoms with van der Waals surface area (Å²) in [6, 6.07) is 6.29. The van der Waals surface area contributed by atoms with Crippen molar-refractivity contribution >= 4 is 17.2 Å². The second kappa shape index (κ2) is 5.99. The summed E-state index contributed by atoms with van der Waals surface area (Å²) >= 11 is 0. The molecule has 3 rings (SSSR count). The molecular weight excluding hydrogens is 306 g/mol. The second-order valence-electron chi connectivity index (χ2n) is 4.78. The molecule has 8 heteroatoms. The van der Waals surface area contributed by atoms with Crippen LogP contribution in [0.25, 0.3) is 5.65 Å². The fraction of sp³-hybridized carbons (Fsp3) is 0.133. The smallest absolute Gasteiger partial charge is 0.387 e. The zero-order valence-electron chi connectivity index (χ0n) is 12.0. The molecule has 0 aliphatic carbocycles. The van der Waals surface area contributed by atoms with Crippen LogP contribution in [0.1, 0.15) is 15.9 Å². The molecule has 2 heterocycles. The molecule has 1 aromatic carbocycles. The number of alkyl halides is 2. The lowest BCUT2D eigenvalue weighted by Gasteiger charge is -2.12. The average molecular weight is 318 g/mol. The topological polar surface area (TPSA) is 68.5 Å². The third kappa shape index (κ3) is 3.10. The Morgan fingerprint density at radius 1 is 1.39 bits per heavy atom. The van der Waals surface area contributed by atoms with Gasteiger partial charge in [0.05, 0.1) is 11.9 Å². The molecule has 0 saturated carbocycles. The SMILES string of the molecule is Cc1ccc(NC(=O)c2cnn3cccnc23)c(OC(F)F)c1. The van der Waals surface area contributed by atoms with Crippen LogP contribution in [0.4, 0.5) is 14.5 Å². The van der Waals surface area contributed by atoms with Gasteiger partial charge in [0.2, 0.25) is 0 Å². The van der Waals surface area contributed by atoms with E-state index in [2.05, 4.69) is 20.1 Å². The first-order chi connectivity index (χ1) is 11.0. The van der Waals surface area contributed by atoms with Crippen molar-refractivity contribution in [1.29, 1.82) is 0 Å². The maximum Gasteiger partial charge on any atom is 0.387 e. The number of rotatable bonds is 4. The highest BCUT2D eigenvalue weighted by atomic mass is 19.3. The van der Waals surface area contributed by atoms with Gasteiger partial charge in [-0.2, -0.15) is 13.9 Å². The number of aryl methyl sites for hydroxylation is 1. The summed E-state index contributed by atoms with van der Waals surface area (Å²) in [6.07, 6.45) is 4.54. The number of hydrogen-bond donors (Lipinski definition) is 1. The van der Waals surface area contributed by atoms with Crippen molar-refractivity contribution in [1.82, 2.24) is 14.6 Å². The van der Waals surface area contributed by atoms with Gasteiger partial charge in [-0.25, -0.2) is 9.50 Å². The molecule has 0 aliphatic heterocycles. The Labute approximate surface area is 129 Å². The van der Waals surface area contributed by atoms with Crippen LogP contribution in [-0.2, 0) is 0 Å². The van der Waals surface area contributed by atoms with Crippen LogP contribution in [0.15, 0.2) is 42.9 Å². The van der Waals surface area contributed by atoms with E-state index in [0.717, 1.165) is 5.56 Å². The molecule has 0 saturated heterocycles. The standard InChI is InChI=1S/C15H12F2N4O2/c1-9-3-4-11(12(7-9)23-15(16)17)20-14(22)10-8-19-21-6-2-5-18-13(10)21/h2-8,15H,1H3,(H,20,22). The fourth-order valence-corrected chi connectivity index (χ4v) is 2.10. The van der Waals surface area contributed by atoms with E-state index in [0.29, 0.717) is 5.65 Å². The maximum absolute atomic E-state index is 12.5.